The van der Waals surface area contributed by atoms with E-state index in [1.54, 1.807) is 0 Å². The Morgan fingerprint density at radius 1 is 1.36 bits per heavy atom. The van der Waals surface area contributed by atoms with Crippen LogP contribution in [0.1, 0.15) is 11.7 Å². The van der Waals surface area contributed by atoms with Crippen LogP contribution in [0.2, 0.25) is 0 Å². The molecule has 0 bridgehead atoms. The maximum Gasteiger partial charge on any atom is 0.400 e. The lowest BCUT2D eigenvalue weighted by Crippen LogP contribution is -2.29. The minimum absolute atomic E-state index is 0.303. The van der Waals surface area contributed by atoms with Crippen molar-refractivity contribution in [2.75, 3.05) is 6.54 Å². The third kappa shape index (κ3) is 2.65. The van der Waals surface area contributed by atoms with Crippen molar-refractivity contribution in [1.82, 2.24) is 9.97 Å². The molecule has 0 aromatic carbocycles. The van der Waals surface area contributed by atoms with Gasteiger partial charge in [-0.15, -0.1) is 0 Å². The van der Waals surface area contributed by atoms with Gasteiger partial charge in [-0.1, -0.05) is 0 Å². The Labute approximate surface area is 86.7 Å². The summed E-state index contributed by atoms with van der Waals surface area (Å²) < 4.78 is 37.5. The molecule has 7 heteroatoms. The van der Waals surface area contributed by atoms with Gasteiger partial charge in [-0.2, -0.15) is 13.2 Å². The Morgan fingerprint density at radius 2 is 1.86 bits per heavy atom. The van der Waals surface area contributed by atoms with Gasteiger partial charge in [0.15, 0.2) is 0 Å². The first-order valence-electron chi connectivity index (χ1n) is 3.69. The summed E-state index contributed by atoms with van der Waals surface area (Å²) in [5.41, 5.74) is 5.02. The number of rotatable bonds is 2. The number of aromatic nitrogens is 2. The van der Waals surface area contributed by atoms with Crippen molar-refractivity contribution in [2.45, 2.75) is 12.1 Å². The van der Waals surface area contributed by atoms with Gasteiger partial charge < -0.3 is 5.73 Å². The Morgan fingerprint density at radius 3 is 2.21 bits per heavy atom. The molecule has 3 nitrogen and oxygen atoms in total. The van der Waals surface area contributed by atoms with Gasteiger partial charge >= 0.3 is 6.18 Å². The van der Waals surface area contributed by atoms with Crippen molar-refractivity contribution < 1.29 is 13.2 Å². The zero-order chi connectivity index (χ0) is 10.8. The minimum Gasteiger partial charge on any atom is -0.329 e. The number of hydrogen-bond acceptors (Lipinski definition) is 3. The molecular weight excluding hydrogens is 263 g/mol. The molecule has 1 aromatic heterocycles. The molecule has 0 fully saturated rings. The summed E-state index contributed by atoms with van der Waals surface area (Å²) in [6.45, 7) is -0.550. The summed E-state index contributed by atoms with van der Waals surface area (Å²) in [5, 5.41) is 0. The SMILES string of the molecule is NCC(c1ncc(Br)cn1)C(F)(F)F. The van der Waals surface area contributed by atoms with E-state index >= 15 is 0 Å². The lowest BCUT2D eigenvalue weighted by molar-refractivity contribution is -0.149. The maximum absolute atomic E-state index is 12.3. The highest BCUT2D eigenvalue weighted by Gasteiger charge is 2.41. The molecule has 1 rings (SSSR count). The van der Waals surface area contributed by atoms with E-state index in [2.05, 4.69) is 25.9 Å². The summed E-state index contributed by atoms with van der Waals surface area (Å²) in [6, 6.07) is 0. The second-order valence-electron chi connectivity index (χ2n) is 2.59. The molecule has 1 heterocycles. The van der Waals surface area contributed by atoms with E-state index in [4.69, 9.17) is 5.73 Å². The first kappa shape index (κ1) is 11.4. The molecule has 0 aliphatic carbocycles. The minimum atomic E-state index is -4.40. The lowest BCUT2D eigenvalue weighted by Gasteiger charge is -2.16. The molecule has 0 aliphatic heterocycles. The van der Waals surface area contributed by atoms with Gasteiger partial charge in [0, 0.05) is 18.9 Å². The van der Waals surface area contributed by atoms with Crippen LogP contribution in [0, 0.1) is 0 Å². The van der Waals surface area contributed by atoms with Crippen LogP contribution in [0.25, 0.3) is 0 Å². The Bertz CT molecular complexity index is 298. The fourth-order valence-corrected chi connectivity index (χ4v) is 1.09. The average molecular weight is 270 g/mol. The van der Waals surface area contributed by atoms with E-state index in [9.17, 15) is 13.2 Å². The Kier molecular flexibility index (Phi) is 3.43. The summed E-state index contributed by atoms with van der Waals surface area (Å²) >= 11 is 3.03. The third-order valence-electron chi connectivity index (χ3n) is 1.58. The maximum atomic E-state index is 12.3. The van der Waals surface area contributed by atoms with Gasteiger partial charge in [0.25, 0.3) is 0 Å². The van der Waals surface area contributed by atoms with Crippen LogP contribution >= 0.6 is 15.9 Å². The molecule has 0 radical (unpaired) electrons. The molecule has 0 saturated carbocycles. The van der Waals surface area contributed by atoms with E-state index in [0.717, 1.165) is 0 Å². The quantitative estimate of drug-likeness (QED) is 0.892. The second-order valence-corrected chi connectivity index (χ2v) is 3.51. The highest BCUT2D eigenvalue weighted by Crippen LogP contribution is 2.31. The monoisotopic (exact) mass is 269 g/mol. The molecule has 0 spiro atoms. The number of hydrogen-bond donors (Lipinski definition) is 1. The Balaban J connectivity index is 2.96. The molecular formula is C7H7BrF3N3. The van der Waals surface area contributed by atoms with Crippen LogP contribution < -0.4 is 5.73 Å². The fraction of sp³-hybridized carbons (Fsp3) is 0.429. The smallest absolute Gasteiger partial charge is 0.329 e. The lowest BCUT2D eigenvalue weighted by atomic mass is 10.1. The van der Waals surface area contributed by atoms with Gasteiger partial charge in [0.2, 0.25) is 0 Å². The van der Waals surface area contributed by atoms with Gasteiger partial charge in [-0.25, -0.2) is 9.97 Å². The van der Waals surface area contributed by atoms with E-state index in [0.29, 0.717) is 4.47 Å². The summed E-state index contributed by atoms with van der Waals surface area (Å²) in [4.78, 5) is 7.12. The predicted octanol–water partition coefficient (Wildman–Crippen LogP) is 1.84. The molecule has 0 saturated heterocycles. The molecule has 1 atom stereocenters. The normalized spacial score (nSPS) is 14.1. The van der Waals surface area contributed by atoms with Crippen LogP contribution in [0.4, 0.5) is 13.2 Å². The largest absolute Gasteiger partial charge is 0.400 e. The van der Waals surface area contributed by atoms with Crippen LogP contribution in [0.15, 0.2) is 16.9 Å². The molecule has 1 unspecified atom stereocenters. The summed E-state index contributed by atoms with van der Waals surface area (Å²) in [5.74, 6) is -2.10. The summed E-state index contributed by atoms with van der Waals surface area (Å²) in [7, 11) is 0. The van der Waals surface area contributed by atoms with Crippen molar-refractivity contribution in [3.05, 3.63) is 22.7 Å². The predicted molar refractivity (Wildman–Crippen MR) is 47.6 cm³/mol. The molecule has 0 amide bonds. The molecule has 2 N–H and O–H groups in total. The number of nitrogens with two attached hydrogens (primary N) is 1. The van der Waals surface area contributed by atoms with Crippen molar-refractivity contribution in [3.63, 3.8) is 0 Å². The highest BCUT2D eigenvalue weighted by molar-refractivity contribution is 9.10. The number of alkyl halides is 3. The molecule has 78 valence electrons. The van der Waals surface area contributed by atoms with Gasteiger partial charge in [-0.3, -0.25) is 0 Å². The third-order valence-corrected chi connectivity index (χ3v) is 1.99. The van der Waals surface area contributed by atoms with Crippen LogP contribution in [-0.2, 0) is 0 Å². The molecule has 14 heavy (non-hydrogen) atoms. The number of nitrogens with zero attached hydrogens (tertiary/aromatic N) is 2. The van der Waals surface area contributed by atoms with Crippen molar-refractivity contribution in [3.8, 4) is 0 Å². The first-order valence-corrected chi connectivity index (χ1v) is 4.48. The van der Waals surface area contributed by atoms with Crippen LogP contribution in [0.3, 0.4) is 0 Å². The van der Waals surface area contributed by atoms with E-state index in [1.165, 1.54) is 12.4 Å². The van der Waals surface area contributed by atoms with E-state index in [1.807, 2.05) is 0 Å². The van der Waals surface area contributed by atoms with Gasteiger partial charge in [0.05, 0.1) is 4.47 Å². The van der Waals surface area contributed by atoms with Crippen molar-refractivity contribution in [2.24, 2.45) is 5.73 Å². The standard InChI is InChI=1S/C7H7BrF3N3/c8-4-2-13-6(14-3-4)5(1-12)7(9,10)11/h2-3,5H,1,12H2. The number of halogens is 4. The van der Waals surface area contributed by atoms with Crippen molar-refractivity contribution in [1.29, 1.82) is 0 Å². The zero-order valence-corrected chi connectivity index (χ0v) is 8.51. The topological polar surface area (TPSA) is 51.8 Å². The first-order chi connectivity index (χ1) is 6.45. The molecule has 1 aromatic rings. The second kappa shape index (κ2) is 4.22. The van der Waals surface area contributed by atoms with E-state index < -0.39 is 18.6 Å². The van der Waals surface area contributed by atoms with Gasteiger partial charge in [0.1, 0.15) is 11.7 Å². The molecule has 0 aliphatic rings. The fourth-order valence-electron chi connectivity index (χ4n) is 0.888. The average Bonchev–Trinajstić information content (AvgIpc) is 2.07. The van der Waals surface area contributed by atoms with Crippen LogP contribution in [0.5, 0.6) is 0 Å². The zero-order valence-electron chi connectivity index (χ0n) is 6.92. The van der Waals surface area contributed by atoms with E-state index in [-0.39, 0.29) is 5.82 Å². The highest BCUT2D eigenvalue weighted by atomic mass is 79.9. The van der Waals surface area contributed by atoms with Crippen molar-refractivity contribution >= 4 is 15.9 Å². The van der Waals surface area contributed by atoms with Crippen LogP contribution in [-0.4, -0.2) is 22.7 Å². The van der Waals surface area contributed by atoms with Gasteiger partial charge in [-0.05, 0) is 15.9 Å². The summed E-state index contributed by atoms with van der Waals surface area (Å²) in [6.07, 6.45) is -1.88. The Hall–Kier alpha value is -0.690.